The SMILES string of the molecule is CCC(C(=O)O)N(C)C(=O)N1CCC(C(C)(C)C)CC1. The van der Waals surface area contributed by atoms with Crippen LogP contribution in [0, 0.1) is 11.3 Å². The third-order valence-electron chi connectivity index (χ3n) is 4.43. The number of rotatable bonds is 3. The van der Waals surface area contributed by atoms with Crippen LogP contribution in [0.3, 0.4) is 0 Å². The summed E-state index contributed by atoms with van der Waals surface area (Å²) in [6.07, 6.45) is 2.41. The highest BCUT2D eigenvalue weighted by atomic mass is 16.4. The highest BCUT2D eigenvalue weighted by molar-refractivity contribution is 5.82. The van der Waals surface area contributed by atoms with E-state index in [0.29, 0.717) is 12.3 Å². The van der Waals surface area contributed by atoms with Crippen molar-refractivity contribution in [3.8, 4) is 0 Å². The molecule has 0 radical (unpaired) electrons. The lowest BCUT2D eigenvalue weighted by molar-refractivity contribution is -0.142. The van der Waals surface area contributed by atoms with Crippen LogP contribution in [0.1, 0.15) is 47.0 Å². The minimum absolute atomic E-state index is 0.161. The molecule has 1 saturated heterocycles. The predicted molar refractivity (Wildman–Crippen MR) is 78.6 cm³/mol. The number of likely N-dealkylation sites (tertiary alicyclic amines) is 1. The van der Waals surface area contributed by atoms with Gasteiger partial charge >= 0.3 is 12.0 Å². The largest absolute Gasteiger partial charge is 0.480 e. The number of hydrogen-bond acceptors (Lipinski definition) is 2. The molecule has 0 saturated carbocycles. The number of carboxylic acids is 1. The number of carboxylic acid groups (broad SMARTS) is 1. The Morgan fingerprint density at radius 2 is 1.80 bits per heavy atom. The molecule has 5 nitrogen and oxygen atoms in total. The number of carbonyl (C=O) groups excluding carboxylic acids is 1. The van der Waals surface area contributed by atoms with Crippen LogP contribution in [0.4, 0.5) is 4.79 Å². The molecule has 1 atom stereocenters. The molecule has 1 N–H and O–H groups in total. The van der Waals surface area contributed by atoms with Crippen LogP contribution in [0.25, 0.3) is 0 Å². The van der Waals surface area contributed by atoms with Crippen molar-refractivity contribution in [3.05, 3.63) is 0 Å². The zero-order valence-corrected chi connectivity index (χ0v) is 13.3. The lowest BCUT2D eigenvalue weighted by atomic mass is 9.75. The van der Waals surface area contributed by atoms with Gasteiger partial charge in [-0.2, -0.15) is 0 Å². The molecule has 0 aromatic rings. The van der Waals surface area contributed by atoms with E-state index in [1.54, 1.807) is 18.9 Å². The first-order valence-electron chi connectivity index (χ1n) is 7.43. The van der Waals surface area contributed by atoms with Gasteiger partial charge in [-0.05, 0) is 30.6 Å². The molecule has 20 heavy (non-hydrogen) atoms. The molecule has 1 aliphatic rings. The molecule has 5 heteroatoms. The van der Waals surface area contributed by atoms with E-state index < -0.39 is 12.0 Å². The van der Waals surface area contributed by atoms with Crippen LogP contribution in [-0.2, 0) is 4.79 Å². The molecule has 1 rings (SSSR count). The van der Waals surface area contributed by atoms with Gasteiger partial charge in [0.1, 0.15) is 6.04 Å². The fraction of sp³-hybridized carbons (Fsp3) is 0.867. The molecular formula is C15H28N2O3. The monoisotopic (exact) mass is 284 g/mol. The Morgan fingerprint density at radius 1 is 1.30 bits per heavy atom. The van der Waals surface area contributed by atoms with Gasteiger partial charge in [-0.1, -0.05) is 27.7 Å². The van der Waals surface area contributed by atoms with Crippen LogP contribution in [0.5, 0.6) is 0 Å². The highest BCUT2D eigenvalue weighted by Crippen LogP contribution is 2.34. The summed E-state index contributed by atoms with van der Waals surface area (Å²) < 4.78 is 0. The third-order valence-corrected chi connectivity index (χ3v) is 4.43. The molecule has 1 aliphatic heterocycles. The Kier molecular flexibility index (Phi) is 5.42. The molecule has 0 bridgehead atoms. The number of amides is 2. The summed E-state index contributed by atoms with van der Waals surface area (Å²) in [7, 11) is 1.58. The molecule has 1 unspecified atom stereocenters. The Labute approximate surface area is 121 Å². The van der Waals surface area contributed by atoms with Gasteiger partial charge in [-0.25, -0.2) is 9.59 Å². The van der Waals surface area contributed by atoms with Crippen LogP contribution in [0.2, 0.25) is 0 Å². The molecule has 0 aromatic heterocycles. The molecule has 0 spiro atoms. The van der Waals surface area contributed by atoms with Gasteiger partial charge in [-0.15, -0.1) is 0 Å². The Bertz CT molecular complexity index is 355. The predicted octanol–water partition coefficient (Wildman–Crippen LogP) is 2.66. The van der Waals surface area contributed by atoms with Crippen LogP contribution < -0.4 is 0 Å². The molecule has 0 aromatic carbocycles. The van der Waals surface area contributed by atoms with Crippen molar-refractivity contribution >= 4 is 12.0 Å². The van der Waals surface area contributed by atoms with Crippen LogP contribution >= 0.6 is 0 Å². The van der Waals surface area contributed by atoms with E-state index in [-0.39, 0.29) is 11.4 Å². The first-order valence-corrected chi connectivity index (χ1v) is 7.43. The molecule has 1 fully saturated rings. The van der Waals surface area contributed by atoms with Gasteiger partial charge in [-0.3, -0.25) is 0 Å². The van der Waals surface area contributed by atoms with E-state index in [9.17, 15) is 9.59 Å². The summed E-state index contributed by atoms with van der Waals surface area (Å²) in [6, 6.07) is -0.894. The number of hydrogen-bond donors (Lipinski definition) is 1. The zero-order chi connectivity index (χ0) is 15.5. The average molecular weight is 284 g/mol. The average Bonchev–Trinajstić information content (AvgIpc) is 2.37. The van der Waals surface area contributed by atoms with Gasteiger partial charge in [0, 0.05) is 20.1 Å². The van der Waals surface area contributed by atoms with Gasteiger partial charge < -0.3 is 14.9 Å². The van der Waals surface area contributed by atoms with E-state index >= 15 is 0 Å². The standard InChI is InChI=1S/C15H28N2O3/c1-6-12(13(18)19)16(5)14(20)17-9-7-11(8-10-17)15(2,3)4/h11-12H,6-10H2,1-5H3,(H,18,19). The quantitative estimate of drug-likeness (QED) is 0.866. The maximum Gasteiger partial charge on any atom is 0.326 e. The van der Waals surface area contributed by atoms with Crippen molar-refractivity contribution in [2.45, 2.75) is 53.0 Å². The zero-order valence-electron chi connectivity index (χ0n) is 13.3. The second-order valence-electron chi connectivity index (χ2n) is 6.78. The van der Waals surface area contributed by atoms with Crippen molar-refractivity contribution in [2.24, 2.45) is 11.3 Å². The van der Waals surface area contributed by atoms with Crippen molar-refractivity contribution < 1.29 is 14.7 Å². The van der Waals surface area contributed by atoms with Crippen LogP contribution in [-0.4, -0.2) is 53.1 Å². The number of aliphatic carboxylic acids is 1. The molecule has 2 amide bonds. The summed E-state index contributed by atoms with van der Waals surface area (Å²) in [6.45, 7) is 9.94. The topological polar surface area (TPSA) is 60.9 Å². The lowest BCUT2D eigenvalue weighted by Crippen LogP contribution is -2.51. The van der Waals surface area contributed by atoms with E-state index in [2.05, 4.69) is 20.8 Å². The maximum absolute atomic E-state index is 12.3. The molecule has 0 aliphatic carbocycles. The van der Waals surface area contributed by atoms with Gasteiger partial charge in [0.25, 0.3) is 0 Å². The first kappa shape index (κ1) is 16.8. The summed E-state index contributed by atoms with van der Waals surface area (Å²) in [5, 5.41) is 9.13. The van der Waals surface area contributed by atoms with Crippen molar-refractivity contribution in [1.82, 2.24) is 9.80 Å². The van der Waals surface area contributed by atoms with Gasteiger partial charge in [0.2, 0.25) is 0 Å². The fourth-order valence-corrected chi connectivity index (χ4v) is 2.91. The summed E-state index contributed by atoms with van der Waals surface area (Å²) in [5.74, 6) is -0.314. The minimum Gasteiger partial charge on any atom is -0.480 e. The second kappa shape index (κ2) is 6.46. The summed E-state index contributed by atoms with van der Waals surface area (Å²) in [5.41, 5.74) is 0.272. The Morgan fingerprint density at radius 3 is 2.15 bits per heavy atom. The molecule has 116 valence electrons. The van der Waals surface area contributed by atoms with Crippen molar-refractivity contribution in [3.63, 3.8) is 0 Å². The van der Waals surface area contributed by atoms with E-state index in [1.807, 2.05) is 0 Å². The highest BCUT2D eigenvalue weighted by Gasteiger charge is 2.33. The van der Waals surface area contributed by atoms with Crippen molar-refractivity contribution in [2.75, 3.05) is 20.1 Å². The summed E-state index contributed by atoms with van der Waals surface area (Å²) in [4.78, 5) is 26.6. The van der Waals surface area contributed by atoms with E-state index in [0.717, 1.165) is 25.9 Å². The third kappa shape index (κ3) is 3.87. The number of urea groups is 1. The Balaban J connectivity index is 2.60. The number of piperidine rings is 1. The number of carbonyl (C=O) groups is 2. The fourth-order valence-electron chi connectivity index (χ4n) is 2.91. The van der Waals surface area contributed by atoms with E-state index in [1.165, 1.54) is 4.90 Å². The summed E-state index contributed by atoms with van der Waals surface area (Å²) >= 11 is 0. The molecule has 1 heterocycles. The Hall–Kier alpha value is -1.26. The first-order chi connectivity index (χ1) is 9.18. The van der Waals surface area contributed by atoms with E-state index in [4.69, 9.17) is 5.11 Å². The smallest absolute Gasteiger partial charge is 0.326 e. The molecular weight excluding hydrogens is 256 g/mol. The number of likely N-dealkylation sites (N-methyl/N-ethyl adjacent to an activating group) is 1. The van der Waals surface area contributed by atoms with Gasteiger partial charge in [0.05, 0.1) is 0 Å². The van der Waals surface area contributed by atoms with Gasteiger partial charge in [0.15, 0.2) is 0 Å². The minimum atomic E-state index is -0.937. The second-order valence-corrected chi connectivity index (χ2v) is 6.78. The number of nitrogens with zero attached hydrogens (tertiary/aromatic N) is 2. The van der Waals surface area contributed by atoms with Crippen LogP contribution in [0.15, 0.2) is 0 Å². The van der Waals surface area contributed by atoms with Crippen molar-refractivity contribution in [1.29, 1.82) is 0 Å². The lowest BCUT2D eigenvalue weighted by Gasteiger charge is -2.40. The maximum atomic E-state index is 12.3. The normalized spacial score (nSPS) is 18.8.